The SMILES string of the molecule is O=C(c1ccccn1)C1(c2cccc(C(F)(F)F)c2)CCC1. The van der Waals surface area contributed by atoms with Gasteiger partial charge in [0.1, 0.15) is 5.69 Å². The van der Waals surface area contributed by atoms with E-state index in [2.05, 4.69) is 4.98 Å². The molecule has 0 N–H and O–H groups in total. The number of alkyl halides is 3. The molecule has 0 spiro atoms. The van der Waals surface area contributed by atoms with Crippen LogP contribution in [-0.4, -0.2) is 10.8 Å². The molecule has 0 bridgehead atoms. The fraction of sp³-hybridized carbons (Fsp3) is 0.294. The molecular formula is C17H14F3NO. The Morgan fingerprint density at radius 1 is 1.09 bits per heavy atom. The minimum atomic E-state index is -4.41. The van der Waals surface area contributed by atoms with E-state index in [1.54, 1.807) is 24.3 Å². The van der Waals surface area contributed by atoms with E-state index in [9.17, 15) is 18.0 Å². The van der Waals surface area contributed by atoms with E-state index in [1.165, 1.54) is 12.3 Å². The van der Waals surface area contributed by atoms with E-state index in [1.807, 2.05) is 0 Å². The molecule has 1 aliphatic carbocycles. The summed E-state index contributed by atoms with van der Waals surface area (Å²) >= 11 is 0. The number of nitrogens with zero attached hydrogens (tertiary/aromatic N) is 1. The number of halogens is 3. The number of ketones is 1. The maximum Gasteiger partial charge on any atom is 0.416 e. The lowest BCUT2D eigenvalue weighted by molar-refractivity contribution is -0.137. The number of carbonyl (C=O) groups excluding carboxylic acids is 1. The maximum absolute atomic E-state index is 12.9. The van der Waals surface area contributed by atoms with Gasteiger partial charge in [0, 0.05) is 6.20 Å². The zero-order valence-electron chi connectivity index (χ0n) is 11.7. The standard InChI is InChI=1S/C17H14F3NO/c18-17(19,20)13-6-3-5-12(11-13)16(8-4-9-16)15(22)14-7-1-2-10-21-14/h1-3,5-7,10-11H,4,8-9H2. The van der Waals surface area contributed by atoms with Crippen LogP contribution in [0.25, 0.3) is 0 Å². The van der Waals surface area contributed by atoms with Gasteiger partial charge >= 0.3 is 6.18 Å². The van der Waals surface area contributed by atoms with Gasteiger partial charge in [-0.15, -0.1) is 0 Å². The Kier molecular flexibility index (Phi) is 3.51. The highest BCUT2D eigenvalue weighted by Crippen LogP contribution is 2.47. The van der Waals surface area contributed by atoms with Gasteiger partial charge in [-0.25, -0.2) is 0 Å². The van der Waals surface area contributed by atoms with Gasteiger partial charge < -0.3 is 0 Å². The van der Waals surface area contributed by atoms with Gasteiger partial charge in [0.2, 0.25) is 0 Å². The topological polar surface area (TPSA) is 30.0 Å². The summed E-state index contributed by atoms with van der Waals surface area (Å²) in [5, 5.41) is 0. The predicted molar refractivity (Wildman–Crippen MR) is 75.5 cm³/mol. The van der Waals surface area contributed by atoms with Crippen LogP contribution in [0.15, 0.2) is 48.7 Å². The predicted octanol–water partition coefficient (Wildman–Crippen LogP) is 4.41. The van der Waals surface area contributed by atoms with Gasteiger partial charge in [-0.1, -0.05) is 30.7 Å². The summed E-state index contributed by atoms with van der Waals surface area (Å²) in [5.74, 6) is -0.196. The van der Waals surface area contributed by atoms with E-state index in [4.69, 9.17) is 0 Å². The molecule has 2 nitrogen and oxygen atoms in total. The molecule has 0 aliphatic heterocycles. The highest BCUT2D eigenvalue weighted by atomic mass is 19.4. The van der Waals surface area contributed by atoms with E-state index >= 15 is 0 Å². The lowest BCUT2D eigenvalue weighted by atomic mass is 9.61. The number of rotatable bonds is 3. The van der Waals surface area contributed by atoms with Crippen LogP contribution < -0.4 is 0 Å². The second-order valence-electron chi connectivity index (χ2n) is 5.56. The Balaban J connectivity index is 2.03. The third-order valence-corrected chi connectivity index (χ3v) is 4.28. The molecule has 0 radical (unpaired) electrons. The Labute approximate surface area is 126 Å². The Morgan fingerprint density at radius 3 is 2.41 bits per heavy atom. The summed E-state index contributed by atoms with van der Waals surface area (Å²) in [5.41, 5.74) is -0.843. The van der Waals surface area contributed by atoms with Crippen LogP contribution in [0.2, 0.25) is 0 Å². The first-order chi connectivity index (χ1) is 10.4. The third kappa shape index (κ3) is 2.40. The molecule has 22 heavy (non-hydrogen) atoms. The summed E-state index contributed by atoms with van der Waals surface area (Å²) in [6.07, 6.45) is -0.941. The first-order valence-corrected chi connectivity index (χ1v) is 7.07. The molecule has 114 valence electrons. The van der Waals surface area contributed by atoms with Crippen molar-refractivity contribution in [3.05, 3.63) is 65.5 Å². The van der Waals surface area contributed by atoms with Crippen molar-refractivity contribution >= 4 is 5.78 Å². The molecule has 1 fully saturated rings. The van der Waals surface area contributed by atoms with Crippen molar-refractivity contribution in [1.82, 2.24) is 4.98 Å². The number of hydrogen-bond acceptors (Lipinski definition) is 2. The van der Waals surface area contributed by atoms with Crippen LogP contribution in [0, 0.1) is 0 Å². The van der Waals surface area contributed by atoms with Crippen molar-refractivity contribution in [1.29, 1.82) is 0 Å². The van der Waals surface area contributed by atoms with Gasteiger partial charge in [0.15, 0.2) is 5.78 Å². The number of pyridine rings is 1. The molecule has 0 saturated heterocycles. The maximum atomic E-state index is 12.9. The van der Waals surface area contributed by atoms with E-state index in [-0.39, 0.29) is 5.78 Å². The third-order valence-electron chi connectivity index (χ3n) is 4.28. The summed E-state index contributed by atoms with van der Waals surface area (Å²) in [6, 6.07) is 10.1. The van der Waals surface area contributed by atoms with E-state index < -0.39 is 17.2 Å². The first kappa shape index (κ1) is 14.8. The van der Waals surface area contributed by atoms with Crippen molar-refractivity contribution in [3.8, 4) is 0 Å². The Bertz CT molecular complexity index is 691. The monoisotopic (exact) mass is 305 g/mol. The molecule has 2 aromatic rings. The number of carbonyl (C=O) groups is 1. The molecule has 1 heterocycles. The molecule has 3 rings (SSSR count). The van der Waals surface area contributed by atoms with Crippen molar-refractivity contribution in [2.24, 2.45) is 0 Å². The Hall–Kier alpha value is -2.17. The Morgan fingerprint density at radius 2 is 1.86 bits per heavy atom. The zero-order chi connectivity index (χ0) is 15.8. The molecular weight excluding hydrogens is 291 g/mol. The van der Waals surface area contributed by atoms with Gasteiger partial charge in [-0.3, -0.25) is 9.78 Å². The number of benzene rings is 1. The van der Waals surface area contributed by atoms with Gasteiger partial charge in [-0.2, -0.15) is 13.2 Å². The van der Waals surface area contributed by atoms with Gasteiger partial charge in [0.25, 0.3) is 0 Å². The minimum absolute atomic E-state index is 0.196. The minimum Gasteiger partial charge on any atom is -0.291 e. The molecule has 5 heteroatoms. The lowest BCUT2D eigenvalue weighted by Crippen LogP contribution is -2.43. The summed E-state index contributed by atoms with van der Waals surface area (Å²) in [7, 11) is 0. The largest absolute Gasteiger partial charge is 0.416 e. The van der Waals surface area contributed by atoms with Crippen LogP contribution >= 0.6 is 0 Å². The van der Waals surface area contributed by atoms with Gasteiger partial charge in [0.05, 0.1) is 11.0 Å². The fourth-order valence-electron chi connectivity index (χ4n) is 2.91. The summed E-state index contributed by atoms with van der Waals surface area (Å²) in [4.78, 5) is 16.8. The number of hydrogen-bond donors (Lipinski definition) is 0. The van der Waals surface area contributed by atoms with Crippen molar-refractivity contribution in [2.45, 2.75) is 30.9 Å². The average Bonchev–Trinajstić information content (AvgIpc) is 2.46. The first-order valence-electron chi connectivity index (χ1n) is 7.07. The van der Waals surface area contributed by atoms with Crippen molar-refractivity contribution < 1.29 is 18.0 Å². The lowest BCUT2D eigenvalue weighted by Gasteiger charge is -2.40. The molecule has 1 aliphatic rings. The molecule has 0 atom stereocenters. The van der Waals surface area contributed by atoms with Gasteiger partial charge in [-0.05, 0) is 36.6 Å². The summed E-state index contributed by atoms with van der Waals surface area (Å²) < 4.78 is 38.7. The van der Waals surface area contributed by atoms with Crippen molar-refractivity contribution in [2.75, 3.05) is 0 Å². The number of Topliss-reactive ketones (excluding diaryl/α,β-unsaturated/α-hetero) is 1. The highest BCUT2D eigenvalue weighted by Gasteiger charge is 2.47. The van der Waals surface area contributed by atoms with E-state index in [0.717, 1.165) is 18.6 Å². The summed E-state index contributed by atoms with van der Waals surface area (Å²) in [6.45, 7) is 0. The quantitative estimate of drug-likeness (QED) is 0.786. The van der Waals surface area contributed by atoms with E-state index in [0.29, 0.717) is 24.1 Å². The van der Waals surface area contributed by atoms with Crippen LogP contribution in [0.5, 0.6) is 0 Å². The van der Waals surface area contributed by atoms with Crippen LogP contribution in [0.4, 0.5) is 13.2 Å². The normalized spacial score (nSPS) is 16.9. The molecule has 0 unspecified atom stereocenters. The smallest absolute Gasteiger partial charge is 0.291 e. The zero-order valence-corrected chi connectivity index (χ0v) is 11.7. The second kappa shape index (κ2) is 5.23. The second-order valence-corrected chi connectivity index (χ2v) is 5.56. The van der Waals surface area contributed by atoms with Crippen molar-refractivity contribution in [3.63, 3.8) is 0 Å². The molecule has 1 aromatic heterocycles. The molecule has 1 aromatic carbocycles. The van der Waals surface area contributed by atoms with Crippen LogP contribution in [0.1, 0.15) is 40.9 Å². The highest BCUT2D eigenvalue weighted by molar-refractivity contribution is 6.03. The fourth-order valence-corrected chi connectivity index (χ4v) is 2.91. The number of aromatic nitrogens is 1. The van der Waals surface area contributed by atoms with Crippen LogP contribution in [0.3, 0.4) is 0 Å². The van der Waals surface area contributed by atoms with Crippen LogP contribution in [-0.2, 0) is 11.6 Å². The molecule has 1 saturated carbocycles. The molecule has 0 amide bonds. The average molecular weight is 305 g/mol.